The average Bonchev–Trinajstić information content (AvgIpc) is 2.74. The average molecular weight is 269 g/mol. The van der Waals surface area contributed by atoms with Gasteiger partial charge in [0.1, 0.15) is 0 Å². The maximum absolute atomic E-state index is 5.39. The minimum absolute atomic E-state index is 0.531. The standard InChI is InChI=1S/C15H15N3S/c1-10(2)11-5-7-12(8-6-11)18-14-13(17-15(18)19)4-3-9-16-14/h3-10H,1-2H3,(H,17,19). The summed E-state index contributed by atoms with van der Waals surface area (Å²) in [5.74, 6) is 0.531. The third-order valence-electron chi connectivity index (χ3n) is 3.26. The highest BCUT2D eigenvalue weighted by Gasteiger charge is 2.07. The molecule has 0 aliphatic rings. The van der Waals surface area contributed by atoms with E-state index >= 15 is 0 Å². The van der Waals surface area contributed by atoms with Crippen molar-refractivity contribution in [2.24, 2.45) is 0 Å². The Hall–Kier alpha value is -1.94. The van der Waals surface area contributed by atoms with Crippen LogP contribution in [-0.2, 0) is 0 Å². The lowest BCUT2D eigenvalue weighted by atomic mass is 10.0. The third-order valence-corrected chi connectivity index (χ3v) is 3.55. The van der Waals surface area contributed by atoms with E-state index in [1.54, 1.807) is 6.20 Å². The fourth-order valence-electron chi connectivity index (χ4n) is 2.19. The maximum atomic E-state index is 5.39. The molecule has 2 aromatic heterocycles. The Labute approximate surface area is 116 Å². The Bertz CT molecular complexity index is 766. The second kappa shape index (κ2) is 4.63. The number of H-pyrrole nitrogens is 1. The minimum atomic E-state index is 0.531. The summed E-state index contributed by atoms with van der Waals surface area (Å²) in [6.45, 7) is 4.38. The van der Waals surface area contributed by atoms with Gasteiger partial charge in [-0.25, -0.2) is 4.98 Å². The summed E-state index contributed by atoms with van der Waals surface area (Å²) in [6, 6.07) is 12.4. The van der Waals surface area contributed by atoms with E-state index in [1.807, 2.05) is 16.7 Å². The highest BCUT2D eigenvalue weighted by Crippen LogP contribution is 2.20. The monoisotopic (exact) mass is 269 g/mol. The highest BCUT2D eigenvalue weighted by atomic mass is 32.1. The minimum Gasteiger partial charge on any atom is -0.329 e. The summed E-state index contributed by atoms with van der Waals surface area (Å²) >= 11 is 5.39. The van der Waals surface area contributed by atoms with E-state index in [2.05, 4.69) is 48.1 Å². The van der Waals surface area contributed by atoms with Crippen LogP contribution < -0.4 is 0 Å². The summed E-state index contributed by atoms with van der Waals surface area (Å²) in [7, 11) is 0. The lowest BCUT2D eigenvalue weighted by molar-refractivity contribution is 0.865. The summed E-state index contributed by atoms with van der Waals surface area (Å²) in [5, 5.41) is 0. The molecule has 4 heteroatoms. The van der Waals surface area contributed by atoms with Gasteiger partial charge in [0, 0.05) is 11.9 Å². The number of imidazole rings is 1. The van der Waals surface area contributed by atoms with Crippen molar-refractivity contribution in [2.75, 3.05) is 0 Å². The van der Waals surface area contributed by atoms with Crippen LogP contribution in [-0.4, -0.2) is 14.5 Å². The van der Waals surface area contributed by atoms with Crippen LogP contribution in [0.1, 0.15) is 25.3 Å². The van der Waals surface area contributed by atoms with Crippen molar-refractivity contribution < 1.29 is 0 Å². The van der Waals surface area contributed by atoms with Crippen molar-refractivity contribution in [3.63, 3.8) is 0 Å². The lowest BCUT2D eigenvalue weighted by Crippen LogP contribution is -1.96. The van der Waals surface area contributed by atoms with Crippen LogP contribution in [0, 0.1) is 4.77 Å². The zero-order chi connectivity index (χ0) is 13.4. The molecular formula is C15H15N3S. The molecule has 0 aliphatic heterocycles. The van der Waals surface area contributed by atoms with Gasteiger partial charge in [-0.15, -0.1) is 0 Å². The van der Waals surface area contributed by atoms with Crippen LogP contribution in [0.3, 0.4) is 0 Å². The maximum Gasteiger partial charge on any atom is 0.183 e. The SMILES string of the molecule is CC(C)c1ccc(-n2c(=S)[nH]c3cccnc32)cc1. The zero-order valence-electron chi connectivity index (χ0n) is 10.9. The number of hydrogen-bond acceptors (Lipinski definition) is 2. The molecule has 96 valence electrons. The molecule has 0 unspecified atom stereocenters. The van der Waals surface area contributed by atoms with Gasteiger partial charge in [0.25, 0.3) is 0 Å². The van der Waals surface area contributed by atoms with Crippen LogP contribution in [0.4, 0.5) is 0 Å². The van der Waals surface area contributed by atoms with Crippen LogP contribution in [0.5, 0.6) is 0 Å². The fourth-order valence-corrected chi connectivity index (χ4v) is 2.49. The number of hydrogen-bond donors (Lipinski definition) is 1. The number of nitrogens with one attached hydrogen (secondary N) is 1. The normalized spacial score (nSPS) is 11.3. The van der Waals surface area contributed by atoms with Gasteiger partial charge in [-0.1, -0.05) is 26.0 Å². The summed E-state index contributed by atoms with van der Waals surface area (Å²) in [4.78, 5) is 7.58. The van der Waals surface area contributed by atoms with Gasteiger partial charge in [-0.3, -0.25) is 4.57 Å². The van der Waals surface area contributed by atoms with Crippen molar-refractivity contribution in [2.45, 2.75) is 19.8 Å². The largest absolute Gasteiger partial charge is 0.329 e. The number of nitrogens with zero attached hydrogens (tertiary/aromatic N) is 2. The summed E-state index contributed by atoms with van der Waals surface area (Å²) in [5.41, 5.74) is 4.19. The molecule has 2 heterocycles. The molecule has 0 saturated heterocycles. The van der Waals surface area contributed by atoms with Crippen LogP contribution >= 0.6 is 12.2 Å². The van der Waals surface area contributed by atoms with E-state index in [9.17, 15) is 0 Å². The first-order chi connectivity index (χ1) is 9.16. The lowest BCUT2D eigenvalue weighted by Gasteiger charge is -2.08. The molecule has 3 aromatic rings. The van der Waals surface area contributed by atoms with E-state index in [1.165, 1.54) is 5.56 Å². The van der Waals surface area contributed by atoms with Gasteiger partial charge >= 0.3 is 0 Å². The predicted molar refractivity (Wildman–Crippen MR) is 80.3 cm³/mol. The Morgan fingerprint density at radius 1 is 1.16 bits per heavy atom. The first kappa shape index (κ1) is 12.1. The Morgan fingerprint density at radius 2 is 1.89 bits per heavy atom. The van der Waals surface area contributed by atoms with Gasteiger partial charge < -0.3 is 4.98 Å². The Kier molecular flexibility index (Phi) is 2.95. The Morgan fingerprint density at radius 3 is 2.58 bits per heavy atom. The van der Waals surface area contributed by atoms with E-state index in [4.69, 9.17) is 12.2 Å². The van der Waals surface area contributed by atoms with Crippen LogP contribution in [0.2, 0.25) is 0 Å². The molecule has 0 spiro atoms. The predicted octanol–water partition coefficient (Wildman–Crippen LogP) is 4.21. The molecule has 0 aliphatic carbocycles. The van der Waals surface area contributed by atoms with E-state index in [0.29, 0.717) is 10.7 Å². The molecule has 0 atom stereocenters. The van der Waals surface area contributed by atoms with Crippen molar-refractivity contribution in [3.05, 3.63) is 52.9 Å². The second-order valence-corrected chi connectivity index (χ2v) is 5.27. The van der Waals surface area contributed by atoms with Gasteiger partial charge in [0.05, 0.1) is 5.52 Å². The smallest absolute Gasteiger partial charge is 0.183 e. The molecule has 0 amide bonds. The summed E-state index contributed by atoms with van der Waals surface area (Å²) < 4.78 is 2.64. The number of fused-ring (bicyclic) bond motifs is 1. The molecule has 0 fully saturated rings. The number of aromatic nitrogens is 3. The molecule has 3 nitrogen and oxygen atoms in total. The van der Waals surface area contributed by atoms with E-state index in [0.717, 1.165) is 16.9 Å². The number of pyridine rings is 1. The second-order valence-electron chi connectivity index (χ2n) is 4.89. The first-order valence-corrected chi connectivity index (χ1v) is 6.74. The van der Waals surface area contributed by atoms with Crippen LogP contribution in [0.15, 0.2) is 42.6 Å². The van der Waals surface area contributed by atoms with Crippen molar-refractivity contribution in [1.82, 2.24) is 14.5 Å². The van der Waals surface area contributed by atoms with Crippen molar-refractivity contribution in [3.8, 4) is 5.69 Å². The zero-order valence-corrected chi connectivity index (χ0v) is 11.7. The number of rotatable bonds is 2. The molecule has 1 N–H and O–H groups in total. The third kappa shape index (κ3) is 2.08. The molecule has 0 saturated carbocycles. The molecule has 0 bridgehead atoms. The number of benzene rings is 1. The van der Waals surface area contributed by atoms with Crippen molar-refractivity contribution >= 4 is 23.4 Å². The Balaban J connectivity index is 2.19. The molecule has 19 heavy (non-hydrogen) atoms. The first-order valence-electron chi connectivity index (χ1n) is 6.33. The topological polar surface area (TPSA) is 33.6 Å². The highest BCUT2D eigenvalue weighted by molar-refractivity contribution is 7.71. The van der Waals surface area contributed by atoms with Gasteiger partial charge in [-0.05, 0) is 48.0 Å². The van der Waals surface area contributed by atoms with Gasteiger partial charge in [0.15, 0.2) is 10.4 Å². The molecule has 3 rings (SSSR count). The van der Waals surface area contributed by atoms with Gasteiger partial charge in [0.2, 0.25) is 0 Å². The summed E-state index contributed by atoms with van der Waals surface area (Å²) in [6.07, 6.45) is 1.78. The molecular weight excluding hydrogens is 254 g/mol. The van der Waals surface area contributed by atoms with Crippen molar-refractivity contribution in [1.29, 1.82) is 0 Å². The molecule has 0 radical (unpaired) electrons. The van der Waals surface area contributed by atoms with E-state index < -0.39 is 0 Å². The quantitative estimate of drug-likeness (QED) is 0.707. The molecule has 1 aromatic carbocycles. The fraction of sp³-hybridized carbons (Fsp3) is 0.200. The van der Waals surface area contributed by atoms with E-state index in [-0.39, 0.29) is 0 Å². The van der Waals surface area contributed by atoms with Crippen LogP contribution in [0.25, 0.3) is 16.9 Å². The number of aromatic amines is 1. The van der Waals surface area contributed by atoms with Gasteiger partial charge in [-0.2, -0.15) is 0 Å².